The Balaban J connectivity index is 2.17. The number of piperazine rings is 1. The predicted molar refractivity (Wildman–Crippen MR) is 140 cm³/mol. The third-order valence-electron chi connectivity index (χ3n) is 6.25. The molecule has 1 aliphatic heterocycles. The molecular formula is C23H44N4O3Si2. The molecule has 0 aromatic carbocycles. The van der Waals surface area contributed by atoms with Crippen molar-refractivity contribution in [3.05, 3.63) is 28.3 Å². The third-order valence-corrected chi connectivity index (χ3v) is 12.5. The maximum atomic E-state index is 13.1. The monoisotopic (exact) mass is 480 g/mol. The van der Waals surface area contributed by atoms with Gasteiger partial charge >= 0.3 is 0 Å². The summed E-state index contributed by atoms with van der Waals surface area (Å²) in [5, 5.41) is 3.51. The van der Waals surface area contributed by atoms with Gasteiger partial charge < -0.3 is 19.4 Å². The maximum Gasteiger partial charge on any atom is 0.295 e. The highest BCUT2D eigenvalue weighted by Crippen LogP contribution is 2.36. The molecule has 32 heavy (non-hydrogen) atoms. The van der Waals surface area contributed by atoms with Crippen LogP contribution in [-0.4, -0.2) is 65.3 Å². The number of anilines is 1. The van der Waals surface area contributed by atoms with Gasteiger partial charge in [0.2, 0.25) is 0 Å². The molecule has 0 saturated carbocycles. The molecule has 0 aliphatic carbocycles. The Morgan fingerprint density at radius 1 is 1.16 bits per heavy atom. The summed E-state index contributed by atoms with van der Waals surface area (Å²) in [5.41, 5.74) is 0.667. The van der Waals surface area contributed by atoms with E-state index < -0.39 is 16.4 Å². The number of nitrogens with one attached hydrogen (secondary N) is 1. The highest BCUT2D eigenvalue weighted by molar-refractivity contribution is 6.76. The van der Waals surface area contributed by atoms with Gasteiger partial charge in [0.25, 0.3) is 5.56 Å². The van der Waals surface area contributed by atoms with Gasteiger partial charge in [0.15, 0.2) is 14.1 Å². The molecule has 1 fully saturated rings. The van der Waals surface area contributed by atoms with Crippen molar-refractivity contribution in [3.63, 3.8) is 0 Å². The number of hydrogen-bond acceptors (Lipinski definition) is 6. The van der Waals surface area contributed by atoms with Crippen molar-refractivity contribution >= 4 is 28.3 Å². The van der Waals surface area contributed by atoms with Gasteiger partial charge in [0.05, 0.1) is 12.3 Å². The lowest BCUT2D eigenvalue weighted by Gasteiger charge is -2.35. The third kappa shape index (κ3) is 8.26. The van der Waals surface area contributed by atoms with Crippen molar-refractivity contribution in [2.45, 2.75) is 71.3 Å². The fourth-order valence-electron chi connectivity index (χ4n) is 2.99. The second-order valence-corrected chi connectivity index (χ2v) is 21.8. The lowest BCUT2D eigenvalue weighted by Crippen LogP contribution is -2.46. The van der Waals surface area contributed by atoms with Crippen molar-refractivity contribution < 1.29 is 9.16 Å². The van der Waals surface area contributed by atoms with Crippen molar-refractivity contribution in [2.24, 2.45) is 0 Å². The van der Waals surface area contributed by atoms with Crippen molar-refractivity contribution in [3.8, 4) is 0 Å². The van der Waals surface area contributed by atoms with Crippen LogP contribution >= 0.6 is 0 Å². The molecule has 1 aromatic heterocycles. The second kappa shape index (κ2) is 11.2. The molecule has 0 radical (unpaired) electrons. The topological polar surface area (TPSA) is 68.6 Å². The molecule has 0 atom stereocenters. The molecule has 1 saturated heterocycles. The van der Waals surface area contributed by atoms with Gasteiger partial charge in [-0.2, -0.15) is 0 Å². The first kappa shape index (κ1) is 27.0. The average Bonchev–Trinajstić information content (AvgIpc) is 2.69. The van der Waals surface area contributed by atoms with Crippen molar-refractivity contribution in [1.29, 1.82) is 0 Å². The second-order valence-electron chi connectivity index (χ2n) is 11.3. The van der Waals surface area contributed by atoms with E-state index in [0.717, 1.165) is 37.9 Å². The SMILES string of the molecule is CC(C)(C)[Si](C)(C)OC/C=C/c1cn(COCC[Si](C)(C)C)c(=O)c(N2CCNCC2)n1. The Morgan fingerprint density at radius 3 is 2.41 bits per heavy atom. The number of aromatic nitrogens is 2. The van der Waals surface area contributed by atoms with Gasteiger partial charge in [-0.3, -0.25) is 9.36 Å². The quantitative estimate of drug-likeness (QED) is 0.403. The zero-order valence-corrected chi connectivity index (χ0v) is 23.5. The van der Waals surface area contributed by atoms with Crippen LogP contribution < -0.4 is 15.8 Å². The Kier molecular flexibility index (Phi) is 9.48. The minimum absolute atomic E-state index is 0.0884. The van der Waals surface area contributed by atoms with Crippen LogP contribution in [-0.2, 0) is 15.9 Å². The van der Waals surface area contributed by atoms with Gasteiger partial charge in [-0.25, -0.2) is 4.98 Å². The first-order valence-electron chi connectivity index (χ1n) is 11.8. The minimum Gasteiger partial charge on any atom is -0.413 e. The summed E-state index contributed by atoms with van der Waals surface area (Å²) in [6, 6.07) is 1.08. The normalized spacial score (nSPS) is 16.2. The van der Waals surface area contributed by atoms with Crippen LogP contribution in [0.5, 0.6) is 0 Å². The van der Waals surface area contributed by atoms with E-state index in [0.29, 0.717) is 19.0 Å². The lowest BCUT2D eigenvalue weighted by atomic mass is 10.2. The van der Waals surface area contributed by atoms with E-state index in [9.17, 15) is 4.79 Å². The molecular weight excluding hydrogens is 436 g/mol. The highest BCUT2D eigenvalue weighted by Gasteiger charge is 2.36. The summed E-state index contributed by atoms with van der Waals surface area (Å²) in [4.78, 5) is 19.9. The molecule has 0 bridgehead atoms. The molecule has 1 aromatic rings. The lowest BCUT2D eigenvalue weighted by molar-refractivity contribution is 0.0846. The summed E-state index contributed by atoms with van der Waals surface area (Å²) in [6.07, 6.45) is 5.76. The van der Waals surface area contributed by atoms with Crippen LogP contribution in [0, 0.1) is 0 Å². The smallest absolute Gasteiger partial charge is 0.295 e. The number of nitrogens with zero attached hydrogens (tertiary/aromatic N) is 3. The Hall–Kier alpha value is -1.27. The molecule has 0 amide bonds. The fourth-order valence-corrected chi connectivity index (χ4v) is 4.69. The van der Waals surface area contributed by atoms with Crippen LogP contribution in [0.2, 0.25) is 43.8 Å². The van der Waals surface area contributed by atoms with E-state index in [-0.39, 0.29) is 17.3 Å². The zero-order valence-electron chi connectivity index (χ0n) is 21.5. The van der Waals surface area contributed by atoms with Gasteiger partial charge in [0, 0.05) is 47.1 Å². The Labute approximate surface area is 196 Å². The molecule has 7 nitrogen and oxygen atoms in total. The molecule has 1 aliphatic rings. The van der Waals surface area contributed by atoms with Gasteiger partial charge in [-0.1, -0.05) is 46.5 Å². The first-order chi connectivity index (χ1) is 14.8. The molecule has 0 spiro atoms. The highest BCUT2D eigenvalue weighted by atomic mass is 28.4. The van der Waals surface area contributed by atoms with Crippen LogP contribution in [0.1, 0.15) is 26.5 Å². The Morgan fingerprint density at radius 2 is 1.81 bits per heavy atom. The predicted octanol–water partition coefficient (Wildman–Crippen LogP) is 4.00. The van der Waals surface area contributed by atoms with Gasteiger partial charge in [0.1, 0.15) is 6.73 Å². The summed E-state index contributed by atoms with van der Waals surface area (Å²) < 4.78 is 13.8. The van der Waals surface area contributed by atoms with Gasteiger partial charge in [-0.15, -0.1) is 0 Å². The van der Waals surface area contributed by atoms with Crippen LogP contribution in [0.25, 0.3) is 6.08 Å². The van der Waals surface area contributed by atoms with Crippen LogP contribution in [0.3, 0.4) is 0 Å². The molecule has 2 rings (SSSR count). The number of hydrogen-bond donors (Lipinski definition) is 1. The van der Waals surface area contributed by atoms with E-state index in [4.69, 9.17) is 14.1 Å². The van der Waals surface area contributed by atoms with E-state index in [1.807, 2.05) is 12.2 Å². The number of ether oxygens (including phenoxy) is 1. The molecule has 2 heterocycles. The average molecular weight is 481 g/mol. The molecule has 182 valence electrons. The van der Waals surface area contributed by atoms with Gasteiger partial charge in [-0.05, 0) is 30.3 Å². The number of rotatable bonds is 10. The van der Waals surface area contributed by atoms with E-state index in [2.05, 4.69) is 63.7 Å². The fraction of sp³-hybridized carbons (Fsp3) is 0.739. The summed E-state index contributed by atoms with van der Waals surface area (Å²) in [7, 11) is -2.97. The zero-order chi connectivity index (χ0) is 24.0. The molecule has 1 N–H and O–H groups in total. The minimum atomic E-state index is -1.80. The maximum absolute atomic E-state index is 13.1. The van der Waals surface area contributed by atoms with Crippen LogP contribution in [0.15, 0.2) is 17.1 Å². The first-order valence-corrected chi connectivity index (χ1v) is 18.4. The van der Waals surface area contributed by atoms with E-state index in [1.54, 1.807) is 10.8 Å². The van der Waals surface area contributed by atoms with E-state index in [1.165, 1.54) is 0 Å². The Bertz CT molecular complexity index is 820. The molecule has 0 unspecified atom stereocenters. The molecule has 9 heteroatoms. The standard InChI is InChI=1S/C23H44N4O3Si2/c1-23(2,3)32(7,8)30-15-9-10-20-18-27(19-29-16-17-31(4,5)6)22(28)21(25-20)26-13-11-24-12-14-26/h9-10,18,24H,11-17,19H2,1-8H3/b10-9+. The summed E-state index contributed by atoms with van der Waals surface area (Å²) in [5.74, 6) is 0.507. The largest absolute Gasteiger partial charge is 0.413 e. The summed E-state index contributed by atoms with van der Waals surface area (Å²) >= 11 is 0. The van der Waals surface area contributed by atoms with Crippen LogP contribution in [0.4, 0.5) is 5.82 Å². The van der Waals surface area contributed by atoms with Crippen molar-refractivity contribution in [1.82, 2.24) is 14.9 Å². The summed E-state index contributed by atoms with van der Waals surface area (Å²) in [6.45, 7) is 22.9. The van der Waals surface area contributed by atoms with Crippen molar-refractivity contribution in [2.75, 3.05) is 44.3 Å². The van der Waals surface area contributed by atoms with E-state index >= 15 is 0 Å².